The van der Waals surface area contributed by atoms with Crippen LogP contribution < -0.4 is 0 Å². The zero-order chi connectivity index (χ0) is 13.9. The van der Waals surface area contributed by atoms with Crippen molar-refractivity contribution in [2.75, 3.05) is 20.1 Å². The maximum absolute atomic E-state index is 11.8. The third kappa shape index (κ3) is 2.95. The van der Waals surface area contributed by atoms with E-state index >= 15 is 0 Å². The van der Waals surface area contributed by atoms with E-state index in [2.05, 4.69) is 5.16 Å². The van der Waals surface area contributed by atoms with Gasteiger partial charge in [0.25, 0.3) is 0 Å². The molecule has 0 aromatic rings. The van der Waals surface area contributed by atoms with Crippen LogP contribution in [0.5, 0.6) is 0 Å². The Kier molecular flexibility index (Phi) is 4.61. The lowest BCUT2D eigenvalue weighted by molar-refractivity contribution is -0.127. The van der Waals surface area contributed by atoms with Gasteiger partial charge in [-0.1, -0.05) is 11.8 Å². The van der Waals surface area contributed by atoms with E-state index in [-0.39, 0.29) is 5.91 Å². The summed E-state index contributed by atoms with van der Waals surface area (Å²) in [6.07, 6.45) is -0.501. The fourth-order valence-corrected chi connectivity index (χ4v) is 2.50. The number of hydrogen-bond donors (Lipinski definition) is 0. The average Bonchev–Trinajstić information content (AvgIpc) is 2.52. The summed E-state index contributed by atoms with van der Waals surface area (Å²) in [7, 11) is 1.62. The van der Waals surface area contributed by atoms with Crippen LogP contribution in [-0.2, 0) is 9.63 Å². The maximum atomic E-state index is 11.8. The second-order valence-electron chi connectivity index (χ2n) is 4.38. The van der Waals surface area contributed by atoms with E-state index < -0.39 is 10.8 Å². The van der Waals surface area contributed by atoms with Gasteiger partial charge in [-0.3, -0.25) is 14.5 Å². The highest BCUT2D eigenvalue weighted by Crippen LogP contribution is 2.35. The predicted molar refractivity (Wildman–Crippen MR) is 71.3 cm³/mol. The Hall–Kier alpha value is -1.24. The molecule has 18 heavy (non-hydrogen) atoms. The van der Waals surface area contributed by atoms with Gasteiger partial charge in [-0.25, -0.2) is 4.79 Å². The summed E-state index contributed by atoms with van der Waals surface area (Å²) < 4.78 is -0.560. The first kappa shape index (κ1) is 14.8. The molecule has 1 saturated heterocycles. The molecule has 0 unspecified atom stereocenters. The van der Waals surface area contributed by atoms with Crippen LogP contribution in [0.4, 0.5) is 4.79 Å². The quantitative estimate of drug-likeness (QED) is 0.580. The standard InChI is InChI=1S/C11H19N3O3S/c1-6-14(7-2)10(16)17-12-9-13(5)8(15)11(3,4)18-9/h6-7H2,1-5H3. The molecule has 1 fully saturated rings. The first-order valence-corrected chi connectivity index (χ1v) is 6.66. The molecule has 0 aromatic heterocycles. The van der Waals surface area contributed by atoms with E-state index in [1.165, 1.54) is 21.6 Å². The SMILES string of the molecule is CCN(CC)C(=O)ON=C1SC(C)(C)C(=O)N1C. The number of carbonyl (C=O) groups excluding carboxylic acids is 2. The van der Waals surface area contributed by atoms with Gasteiger partial charge in [0.05, 0.1) is 4.75 Å². The van der Waals surface area contributed by atoms with Crippen LogP contribution in [0.1, 0.15) is 27.7 Å². The van der Waals surface area contributed by atoms with Crippen molar-refractivity contribution in [1.29, 1.82) is 0 Å². The van der Waals surface area contributed by atoms with Gasteiger partial charge in [0, 0.05) is 20.1 Å². The number of hydrogen-bond acceptors (Lipinski definition) is 5. The lowest BCUT2D eigenvalue weighted by Gasteiger charge is -2.15. The summed E-state index contributed by atoms with van der Waals surface area (Å²) in [6.45, 7) is 8.47. The summed E-state index contributed by atoms with van der Waals surface area (Å²) >= 11 is 1.28. The second-order valence-corrected chi connectivity index (χ2v) is 5.97. The Morgan fingerprint density at radius 3 is 2.39 bits per heavy atom. The highest BCUT2D eigenvalue weighted by Gasteiger charge is 2.43. The molecule has 0 saturated carbocycles. The van der Waals surface area contributed by atoms with Crippen molar-refractivity contribution in [3.8, 4) is 0 Å². The van der Waals surface area contributed by atoms with Gasteiger partial charge in [0.1, 0.15) is 0 Å². The fraction of sp³-hybridized carbons (Fsp3) is 0.727. The molecule has 6 nitrogen and oxygen atoms in total. The fourth-order valence-electron chi connectivity index (χ4n) is 1.53. The van der Waals surface area contributed by atoms with Gasteiger partial charge in [-0.15, -0.1) is 0 Å². The normalized spacial score (nSPS) is 20.4. The minimum atomic E-state index is -0.560. The summed E-state index contributed by atoms with van der Waals surface area (Å²) in [5.41, 5.74) is 0. The number of amidine groups is 1. The van der Waals surface area contributed by atoms with Crippen molar-refractivity contribution in [2.45, 2.75) is 32.4 Å². The summed E-state index contributed by atoms with van der Waals surface area (Å²) in [6, 6.07) is 0. The number of rotatable bonds is 3. The molecule has 7 heteroatoms. The number of carbonyl (C=O) groups is 2. The minimum absolute atomic E-state index is 0.0508. The molecule has 1 aliphatic rings. The average molecular weight is 273 g/mol. The maximum Gasteiger partial charge on any atom is 0.436 e. The molecular formula is C11H19N3O3S. The van der Waals surface area contributed by atoms with E-state index in [4.69, 9.17) is 4.84 Å². The minimum Gasteiger partial charge on any atom is -0.307 e. The monoisotopic (exact) mass is 273 g/mol. The lowest BCUT2D eigenvalue weighted by atomic mass is 10.2. The van der Waals surface area contributed by atoms with Gasteiger partial charge >= 0.3 is 6.09 Å². The van der Waals surface area contributed by atoms with Crippen molar-refractivity contribution < 1.29 is 14.4 Å². The van der Waals surface area contributed by atoms with E-state index in [9.17, 15) is 9.59 Å². The molecule has 1 aliphatic heterocycles. The molecule has 0 atom stereocenters. The number of oxime groups is 1. The topological polar surface area (TPSA) is 62.2 Å². The van der Waals surface area contributed by atoms with Crippen LogP contribution in [0.3, 0.4) is 0 Å². The molecule has 0 bridgehead atoms. The molecule has 2 amide bonds. The molecule has 1 heterocycles. The van der Waals surface area contributed by atoms with E-state index in [1.54, 1.807) is 7.05 Å². The van der Waals surface area contributed by atoms with Crippen LogP contribution in [0, 0.1) is 0 Å². The Morgan fingerprint density at radius 2 is 2.00 bits per heavy atom. The van der Waals surface area contributed by atoms with Gasteiger partial charge in [-0.05, 0) is 32.9 Å². The Balaban J connectivity index is 2.70. The first-order chi connectivity index (χ1) is 8.33. The van der Waals surface area contributed by atoms with Crippen LogP contribution in [-0.4, -0.2) is 51.9 Å². The summed E-state index contributed by atoms with van der Waals surface area (Å²) in [5.74, 6) is -0.0508. The highest BCUT2D eigenvalue weighted by molar-refractivity contribution is 8.16. The molecule has 0 N–H and O–H groups in total. The summed E-state index contributed by atoms with van der Waals surface area (Å²) in [5, 5.41) is 4.17. The summed E-state index contributed by atoms with van der Waals surface area (Å²) in [4.78, 5) is 31.2. The Morgan fingerprint density at radius 1 is 1.44 bits per heavy atom. The molecule has 0 spiro atoms. The molecule has 0 aliphatic carbocycles. The molecule has 102 valence electrons. The zero-order valence-electron chi connectivity index (χ0n) is 11.4. The largest absolute Gasteiger partial charge is 0.436 e. The second kappa shape index (κ2) is 5.60. The van der Waals surface area contributed by atoms with Crippen LogP contribution in [0.25, 0.3) is 0 Å². The number of amides is 2. The number of nitrogens with zero attached hydrogens (tertiary/aromatic N) is 3. The van der Waals surface area contributed by atoms with Gasteiger partial charge in [0.15, 0.2) is 0 Å². The van der Waals surface area contributed by atoms with Crippen molar-refractivity contribution in [3.63, 3.8) is 0 Å². The van der Waals surface area contributed by atoms with E-state index in [1.807, 2.05) is 27.7 Å². The molecule has 0 aromatic carbocycles. The van der Waals surface area contributed by atoms with Crippen molar-refractivity contribution in [2.24, 2.45) is 5.16 Å². The van der Waals surface area contributed by atoms with Crippen LogP contribution >= 0.6 is 11.8 Å². The number of thioether (sulfide) groups is 1. The van der Waals surface area contributed by atoms with Crippen molar-refractivity contribution in [1.82, 2.24) is 9.80 Å². The van der Waals surface area contributed by atoms with E-state index in [0.717, 1.165) is 0 Å². The molecule has 0 radical (unpaired) electrons. The third-order valence-electron chi connectivity index (χ3n) is 2.68. The van der Waals surface area contributed by atoms with Crippen molar-refractivity contribution in [3.05, 3.63) is 0 Å². The predicted octanol–water partition coefficient (Wildman–Crippen LogP) is 1.72. The molecular weight excluding hydrogens is 254 g/mol. The van der Waals surface area contributed by atoms with E-state index in [0.29, 0.717) is 18.3 Å². The highest BCUT2D eigenvalue weighted by atomic mass is 32.2. The third-order valence-corrected chi connectivity index (χ3v) is 3.89. The Bertz CT molecular complexity index is 378. The van der Waals surface area contributed by atoms with Gasteiger partial charge < -0.3 is 4.90 Å². The van der Waals surface area contributed by atoms with Crippen LogP contribution in [0.15, 0.2) is 5.16 Å². The lowest BCUT2D eigenvalue weighted by Crippen LogP contribution is -2.33. The first-order valence-electron chi connectivity index (χ1n) is 5.84. The van der Waals surface area contributed by atoms with Gasteiger partial charge in [-0.2, -0.15) is 0 Å². The van der Waals surface area contributed by atoms with Crippen molar-refractivity contribution >= 4 is 28.9 Å². The van der Waals surface area contributed by atoms with Crippen LogP contribution in [0.2, 0.25) is 0 Å². The smallest absolute Gasteiger partial charge is 0.307 e. The Labute approximate surface area is 111 Å². The zero-order valence-corrected chi connectivity index (χ0v) is 12.2. The molecule has 1 rings (SSSR count). The van der Waals surface area contributed by atoms with Gasteiger partial charge in [0.2, 0.25) is 11.1 Å².